The molecule has 0 bridgehead atoms. The molecule has 22 heavy (non-hydrogen) atoms. The van der Waals surface area contributed by atoms with Crippen molar-refractivity contribution in [1.29, 1.82) is 0 Å². The lowest BCUT2D eigenvalue weighted by Crippen LogP contribution is -2.06. The number of rotatable bonds is 4. The second-order valence-electron chi connectivity index (χ2n) is 6.14. The van der Waals surface area contributed by atoms with Crippen LogP contribution >= 0.6 is 0 Å². The first kappa shape index (κ1) is 14.9. The van der Waals surface area contributed by atoms with E-state index in [1.165, 1.54) is 38.9 Å². The van der Waals surface area contributed by atoms with E-state index in [1.807, 2.05) is 0 Å². The summed E-state index contributed by atoms with van der Waals surface area (Å²) < 4.78 is 2.43. The molecule has 3 aromatic rings. The van der Waals surface area contributed by atoms with Crippen molar-refractivity contribution >= 4 is 10.9 Å². The summed E-state index contributed by atoms with van der Waals surface area (Å²) in [4.78, 5) is 0. The van der Waals surface area contributed by atoms with Crippen LogP contribution in [-0.2, 0) is 13.0 Å². The number of hydrogen-bond donors (Lipinski definition) is 1. The van der Waals surface area contributed by atoms with Crippen LogP contribution in [0.2, 0.25) is 0 Å². The van der Waals surface area contributed by atoms with Crippen molar-refractivity contribution in [1.82, 2.24) is 4.57 Å². The fourth-order valence-corrected chi connectivity index (χ4v) is 3.31. The summed E-state index contributed by atoms with van der Waals surface area (Å²) in [5.41, 5.74) is 13.9. The van der Waals surface area contributed by atoms with E-state index in [-0.39, 0.29) is 0 Å². The predicted octanol–water partition coefficient (Wildman–Crippen LogP) is 4.12. The van der Waals surface area contributed by atoms with E-state index < -0.39 is 0 Å². The molecule has 0 spiro atoms. The minimum absolute atomic E-state index is 0.693. The normalized spacial score (nSPS) is 11.3. The quantitative estimate of drug-likeness (QED) is 0.770. The molecule has 0 radical (unpaired) electrons. The molecule has 0 aliphatic rings. The molecule has 1 heterocycles. The number of aryl methyl sites for hydroxylation is 2. The Labute approximate surface area is 132 Å². The van der Waals surface area contributed by atoms with Gasteiger partial charge in [0.15, 0.2) is 0 Å². The Morgan fingerprint density at radius 3 is 2.55 bits per heavy atom. The highest BCUT2D eigenvalue weighted by atomic mass is 15.0. The van der Waals surface area contributed by atoms with Crippen LogP contribution in [0.15, 0.2) is 42.5 Å². The van der Waals surface area contributed by atoms with Gasteiger partial charge in [0.05, 0.1) is 0 Å². The molecule has 0 aliphatic carbocycles. The smallest absolute Gasteiger partial charge is 0.0488 e. The Morgan fingerprint density at radius 2 is 1.77 bits per heavy atom. The minimum atomic E-state index is 0.693. The molecular weight excluding hydrogens is 268 g/mol. The molecule has 2 N–H and O–H groups in total. The summed E-state index contributed by atoms with van der Waals surface area (Å²) >= 11 is 0. The molecule has 0 fully saturated rings. The number of para-hydroxylation sites is 1. The van der Waals surface area contributed by atoms with Gasteiger partial charge in [-0.25, -0.2) is 0 Å². The van der Waals surface area contributed by atoms with Crippen molar-refractivity contribution in [2.24, 2.45) is 5.73 Å². The summed E-state index contributed by atoms with van der Waals surface area (Å²) in [6, 6.07) is 15.4. The van der Waals surface area contributed by atoms with Crippen LogP contribution in [0.1, 0.15) is 27.9 Å². The molecule has 2 aromatic carbocycles. The number of nitrogens with two attached hydrogens (primary N) is 1. The predicted molar refractivity (Wildman–Crippen MR) is 94.5 cm³/mol. The van der Waals surface area contributed by atoms with Crippen LogP contribution in [0.4, 0.5) is 0 Å². The summed E-state index contributed by atoms with van der Waals surface area (Å²) in [6.07, 6.45) is 0.937. The second kappa shape index (κ2) is 5.98. The third-order valence-corrected chi connectivity index (χ3v) is 4.59. The molecule has 0 saturated heterocycles. The number of benzene rings is 2. The van der Waals surface area contributed by atoms with E-state index in [4.69, 9.17) is 5.73 Å². The van der Waals surface area contributed by atoms with Gasteiger partial charge in [-0.2, -0.15) is 0 Å². The zero-order valence-corrected chi connectivity index (χ0v) is 13.7. The van der Waals surface area contributed by atoms with Crippen molar-refractivity contribution in [2.75, 3.05) is 6.54 Å². The highest BCUT2D eigenvalue weighted by Gasteiger charge is 2.13. The van der Waals surface area contributed by atoms with Gasteiger partial charge < -0.3 is 10.3 Å². The first-order valence-electron chi connectivity index (χ1n) is 7.94. The summed E-state index contributed by atoms with van der Waals surface area (Å²) in [6.45, 7) is 8.18. The van der Waals surface area contributed by atoms with Gasteiger partial charge in [-0.1, -0.05) is 42.0 Å². The van der Waals surface area contributed by atoms with E-state index >= 15 is 0 Å². The first-order valence-corrected chi connectivity index (χ1v) is 7.94. The Bertz CT molecular complexity index is 812. The van der Waals surface area contributed by atoms with Crippen molar-refractivity contribution < 1.29 is 0 Å². The molecule has 1 aromatic heterocycles. The Hall–Kier alpha value is -2.06. The molecule has 0 aliphatic heterocycles. The third-order valence-electron chi connectivity index (χ3n) is 4.59. The monoisotopic (exact) mass is 292 g/mol. The van der Waals surface area contributed by atoms with Gasteiger partial charge in [-0.05, 0) is 56.5 Å². The second-order valence-corrected chi connectivity index (χ2v) is 6.14. The molecule has 3 rings (SSSR count). The lowest BCUT2D eigenvalue weighted by molar-refractivity contribution is 0.787. The van der Waals surface area contributed by atoms with Crippen LogP contribution < -0.4 is 5.73 Å². The number of nitrogens with zero attached hydrogens (tertiary/aromatic N) is 1. The Balaban J connectivity index is 2.14. The average molecular weight is 292 g/mol. The van der Waals surface area contributed by atoms with Gasteiger partial charge in [0.25, 0.3) is 0 Å². The van der Waals surface area contributed by atoms with Gasteiger partial charge in [-0.15, -0.1) is 0 Å². The van der Waals surface area contributed by atoms with E-state index in [0.717, 1.165) is 13.0 Å². The largest absolute Gasteiger partial charge is 0.340 e. The summed E-state index contributed by atoms with van der Waals surface area (Å²) in [5, 5.41) is 1.34. The maximum Gasteiger partial charge on any atom is 0.0488 e. The number of fused-ring (bicyclic) bond motifs is 1. The summed E-state index contributed by atoms with van der Waals surface area (Å²) in [7, 11) is 0. The molecule has 0 amide bonds. The Kier molecular flexibility index (Phi) is 4.04. The molecule has 2 heteroatoms. The van der Waals surface area contributed by atoms with Crippen molar-refractivity contribution in [3.63, 3.8) is 0 Å². The van der Waals surface area contributed by atoms with E-state index in [1.54, 1.807) is 0 Å². The minimum Gasteiger partial charge on any atom is -0.340 e. The van der Waals surface area contributed by atoms with Gasteiger partial charge >= 0.3 is 0 Å². The highest BCUT2D eigenvalue weighted by molar-refractivity contribution is 5.85. The lowest BCUT2D eigenvalue weighted by atomic mass is 10.1. The van der Waals surface area contributed by atoms with Crippen molar-refractivity contribution in [3.8, 4) is 0 Å². The van der Waals surface area contributed by atoms with Gasteiger partial charge in [-0.3, -0.25) is 0 Å². The van der Waals surface area contributed by atoms with Crippen LogP contribution in [0, 0.1) is 20.8 Å². The fourth-order valence-electron chi connectivity index (χ4n) is 3.31. The number of hydrogen-bond acceptors (Lipinski definition) is 1. The molecule has 0 atom stereocenters. The fraction of sp³-hybridized carbons (Fsp3) is 0.300. The zero-order valence-electron chi connectivity index (χ0n) is 13.7. The SMILES string of the molecule is Cc1ccc(C)c(Cn2c(C)c(CCN)c3ccccc32)c1. The van der Waals surface area contributed by atoms with Crippen LogP contribution in [0.25, 0.3) is 10.9 Å². The maximum atomic E-state index is 5.82. The number of aromatic nitrogens is 1. The van der Waals surface area contributed by atoms with E-state index in [9.17, 15) is 0 Å². The Morgan fingerprint density at radius 1 is 1.00 bits per heavy atom. The maximum absolute atomic E-state index is 5.82. The van der Waals surface area contributed by atoms with Crippen molar-refractivity contribution in [3.05, 3.63) is 70.4 Å². The molecule has 0 unspecified atom stereocenters. The van der Waals surface area contributed by atoms with Crippen molar-refractivity contribution in [2.45, 2.75) is 33.7 Å². The van der Waals surface area contributed by atoms with E-state index in [2.05, 4.69) is 67.8 Å². The molecule has 2 nitrogen and oxygen atoms in total. The van der Waals surface area contributed by atoms with Gasteiger partial charge in [0.2, 0.25) is 0 Å². The molecular formula is C20H24N2. The lowest BCUT2D eigenvalue weighted by Gasteiger charge is -2.12. The van der Waals surface area contributed by atoms with Crippen LogP contribution in [-0.4, -0.2) is 11.1 Å². The van der Waals surface area contributed by atoms with Gasteiger partial charge in [0.1, 0.15) is 0 Å². The molecule has 0 saturated carbocycles. The molecule has 114 valence electrons. The first-order chi connectivity index (χ1) is 10.6. The highest BCUT2D eigenvalue weighted by Crippen LogP contribution is 2.27. The standard InChI is InChI=1S/C20H24N2/c1-14-8-9-15(2)17(12-14)13-22-16(3)18(10-11-21)19-6-4-5-7-20(19)22/h4-9,12H,10-11,13,21H2,1-3H3. The van der Waals surface area contributed by atoms with Gasteiger partial charge in [0, 0.05) is 23.1 Å². The third kappa shape index (κ3) is 2.55. The average Bonchev–Trinajstić information content (AvgIpc) is 2.77. The topological polar surface area (TPSA) is 30.9 Å². The van der Waals surface area contributed by atoms with Crippen LogP contribution in [0.5, 0.6) is 0 Å². The van der Waals surface area contributed by atoms with E-state index in [0.29, 0.717) is 6.54 Å². The van der Waals surface area contributed by atoms with Crippen LogP contribution in [0.3, 0.4) is 0 Å². The zero-order chi connectivity index (χ0) is 15.7. The summed E-state index contributed by atoms with van der Waals surface area (Å²) in [5.74, 6) is 0.